The molecule has 2 N–H and O–H groups in total. The van der Waals surface area contributed by atoms with Gasteiger partial charge in [0.1, 0.15) is 5.82 Å². The largest absolute Gasteiger partial charge is 0.380 e. The molecule has 8 nitrogen and oxygen atoms in total. The predicted molar refractivity (Wildman–Crippen MR) is 105 cm³/mol. The van der Waals surface area contributed by atoms with E-state index in [4.69, 9.17) is 4.74 Å². The lowest BCUT2D eigenvalue weighted by molar-refractivity contribution is -0.116. The van der Waals surface area contributed by atoms with Gasteiger partial charge in [-0.15, -0.1) is 0 Å². The summed E-state index contributed by atoms with van der Waals surface area (Å²) in [5.41, 5.74) is 0.759. The highest BCUT2D eigenvalue weighted by Crippen LogP contribution is 2.24. The first-order valence-corrected chi connectivity index (χ1v) is 9.76. The van der Waals surface area contributed by atoms with Crippen molar-refractivity contribution in [2.45, 2.75) is 32.5 Å². The maximum absolute atomic E-state index is 11.5. The Balaban J connectivity index is 2.15. The van der Waals surface area contributed by atoms with E-state index in [-0.39, 0.29) is 5.91 Å². The Morgan fingerprint density at radius 3 is 2.92 bits per heavy atom. The Hall–Kier alpha value is -2.13. The third kappa shape index (κ3) is 5.70. The first-order valence-electron chi connectivity index (χ1n) is 8.78. The van der Waals surface area contributed by atoms with Crippen LogP contribution in [0.25, 0.3) is 11.0 Å². The molecule has 2 aromatic heterocycles. The average molecular weight is 379 g/mol. The molecule has 0 bridgehead atoms. The summed E-state index contributed by atoms with van der Waals surface area (Å²) in [6, 6.07) is 0. The zero-order chi connectivity index (χ0) is 18.8. The molecule has 0 fully saturated rings. The van der Waals surface area contributed by atoms with Crippen LogP contribution in [0.15, 0.2) is 23.5 Å². The standard InChI is InChI=1S/C17H26N6O2S/c1-4-7-14(24)18-8-10-23-16-13(12-20-23)15(19-9-11-25-5-2)21-17(22-16)26-6-3/h4,7,12H,5-6,8-11H2,1-3H3,(H,18,24)(H,19,21,22)/b7-4-. The van der Waals surface area contributed by atoms with Gasteiger partial charge >= 0.3 is 0 Å². The molecule has 0 aliphatic rings. The molecule has 0 unspecified atom stereocenters. The minimum atomic E-state index is -0.112. The van der Waals surface area contributed by atoms with Crippen molar-refractivity contribution in [2.75, 3.05) is 37.4 Å². The Kier molecular flexibility index (Phi) is 8.36. The molecule has 0 saturated carbocycles. The van der Waals surface area contributed by atoms with Gasteiger partial charge in [0, 0.05) is 19.7 Å². The quantitative estimate of drug-likeness (QED) is 0.268. The summed E-state index contributed by atoms with van der Waals surface area (Å²) in [5, 5.41) is 12.1. The first-order chi connectivity index (χ1) is 12.7. The number of aromatic nitrogens is 4. The number of amides is 1. The minimum Gasteiger partial charge on any atom is -0.380 e. The molecular formula is C17H26N6O2S. The topological polar surface area (TPSA) is 94.0 Å². The lowest BCUT2D eigenvalue weighted by Gasteiger charge is -2.09. The highest BCUT2D eigenvalue weighted by Gasteiger charge is 2.13. The summed E-state index contributed by atoms with van der Waals surface area (Å²) < 4.78 is 7.16. The maximum atomic E-state index is 11.5. The fourth-order valence-electron chi connectivity index (χ4n) is 2.31. The molecule has 26 heavy (non-hydrogen) atoms. The van der Waals surface area contributed by atoms with E-state index in [0.29, 0.717) is 38.0 Å². The molecule has 0 radical (unpaired) electrons. The number of allylic oxidation sites excluding steroid dienone is 1. The normalized spacial score (nSPS) is 11.3. The molecule has 142 valence electrons. The van der Waals surface area contributed by atoms with Gasteiger partial charge in [-0.1, -0.05) is 24.8 Å². The number of nitrogens with one attached hydrogen (secondary N) is 2. The molecule has 2 aromatic rings. The van der Waals surface area contributed by atoms with E-state index in [9.17, 15) is 4.79 Å². The van der Waals surface area contributed by atoms with Gasteiger partial charge in [0.2, 0.25) is 5.91 Å². The first kappa shape index (κ1) is 20.2. The molecule has 1 amide bonds. The number of rotatable bonds is 11. The zero-order valence-corrected chi connectivity index (χ0v) is 16.3. The van der Waals surface area contributed by atoms with Crippen molar-refractivity contribution in [3.63, 3.8) is 0 Å². The maximum Gasteiger partial charge on any atom is 0.243 e. The van der Waals surface area contributed by atoms with Crippen LogP contribution in [0, 0.1) is 0 Å². The number of carbonyl (C=O) groups is 1. The van der Waals surface area contributed by atoms with Crippen LogP contribution in [0.2, 0.25) is 0 Å². The van der Waals surface area contributed by atoms with Gasteiger partial charge in [-0.3, -0.25) is 4.79 Å². The molecule has 0 spiro atoms. The number of anilines is 1. The Bertz CT molecular complexity index is 746. The second kappa shape index (κ2) is 10.8. The van der Waals surface area contributed by atoms with Crippen molar-refractivity contribution < 1.29 is 9.53 Å². The Labute approximate surface area is 157 Å². The number of ether oxygens (including phenoxy) is 1. The molecule has 2 rings (SSSR count). The molecule has 2 heterocycles. The third-order valence-electron chi connectivity index (χ3n) is 3.43. The van der Waals surface area contributed by atoms with E-state index in [0.717, 1.165) is 22.6 Å². The van der Waals surface area contributed by atoms with Crippen LogP contribution in [0.4, 0.5) is 5.82 Å². The van der Waals surface area contributed by atoms with Crippen molar-refractivity contribution in [3.8, 4) is 0 Å². The van der Waals surface area contributed by atoms with E-state index in [1.807, 2.05) is 13.8 Å². The van der Waals surface area contributed by atoms with Gasteiger partial charge in [0.05, 0.1) is 24.7 Å². The SMILES string of the molecule is C/C=C\C(=O)NCCn1ncc2c(NCCOCC)nc(SCC)nc21. The van der Waals surface area contributed by atoms with Crippen molar-refractivity contribution in [1.29, 1.82) is 0 Å². The summed E-state index contributed by atoms with van der Waals surface area (Å²) in [4.78, 5) is 20.7. The number of hydrogen-bond donors (Lipinski definition) is 2. The van der Waals surface area contributed by atoms with E-state index in [1.54, 1.807) is 28.7 Å². The van der Waals surface area contributed by atoms with Crippen molar-refractivity contribution in [1.82, 2.24) is 25.1 Å². The fourth-order valence-corrected chi connectivity index (χ4v) is 2.87. The van der Waals surface area contributed by atoms with Crippen LogP contribution in [-0.4, -0.2) is 57.7 Å². The molecule has 0 aliphatic heterocycles. The van der Waals surface area contributed by atoms with Gasteiger partial charge in [-0.2, -0.15) is 5.10 Å². The van der Waals surface area contributed by atoms with E-state index in [1.165, 1.54) is 6.08 Å². The van der Waals surface area contributed by atoms with E-state index in [2.05, 4.69) is 32.6 Å². The van der Waals surface area contributed by atoms with E-state index >= 15 is 0 Å². The van der Waals surface area contributed by atoms with Crippen LogP contribution >= 0.6 is 11.8 Å². The van der Waals surface area contributed by atoms with Crippen molar-refractivity contribution in [2.24, 2.45) is 0 Å². The zero-order valence-electron chi connectivity index (χ0n) is 15.5. The number of thioether (sulfide) groups is 1. The number of fused-ring (bicyclic) bond motifs is 1. The van der Waals surface area contributed by atoms with Gasteiger partial charge in [-0.25, -0.2) is 14.6 Å². The lowest BCUT2D eigenvalue weighted by atomic mass is 10.4. The minimum absolute atomic E-state index is 0.112. The monoisotopic (exact) mass is 378 g/mol. The molecular weight excluding hydrogens is 352 g/mol. The molecule has 0 aliphatic carbocycles. The average Bonchev–Trinajstić information content (AvgIpc) is 3.02. The highest BCUT2D eigenvalue weighted by atomic mass is 32.2. The number of nitrogens with zero attached hydrogens (tertiary/aromatic N) is 4. The Morgan fingerprint density at radius 1 is 1.35 bits per heavy atom. The van der Waals surface area contributed by atoms with E-state index < -0.39 is 0 Å². The van der Waals surface area contributed by atoms with Gasteiger partial charge < -0.3 is 15.4 Å². The van der Waals surface area contributed by atoms with Gasteiger partial charge in [0.25, 0.3) is 0 Å². The molecule has 0 aromatic carbocycles. The number of carbonyl (C=O) groups excluding carboxylic acids is 1. The van der Waals surface area contributed by atoms with Crippen molar-refractivity contribution >= 4 is 34.5 Å². The Morgan fingerprint density at radius 2 is 2.19 bits per heavy atom. The van der Waals surface area contributed by atoms with Gasteiger partial charge in [0.15, 0.2) is 10.8 Å². The summed E-state index contributed by atoms with van der Waals surface area (Å²) in [5.74, 6) is 1.53. The smallest absolute Gasteiger partial charge is 0.243 e. The predicted octanol–water partition coefficient (Wildman–Crippen LogP) is 2.08. The van der Waals surface area contributed by atoms with Crippen LogP contribution in [0.3, 0.4) is 0 Å². The third-order valence-corrected chi connectivity index (χ3v) is 4.16. The fraction of sp³-hybridized carbons (Fsp3) is 0.529. The lowest BCUT2D eigenvalue weighted by Crippen LogP contribution is -2.25. The van der Waals surface area contributed by atoms with Crippen molar-refractivity contribution in [3.05, 3.63) is 18.3 Å². The summed E-state index contributed by atoms with van der Waals surface area (Å²) in [6.45, 7) is 8.83. The number of hydrogen-bond acceptors (Lipinski definition) is 7. The molecule has 9 heteroatoms. The van der Waals surface area contributed by atoms with Crippen LogP contribution in [0.1, 0.15) is 20.8 Å². The van der Waals surface area contributed by atoms with Crippen LogP contribution in [-0.2, 0) is 16.1 Å². The summed E-state index contributed by atoms with van der Waals surface area (Å²) in [7, 11) is 0. The van der Waals surface area contributed by atoms with Gasteiger partial charge in [-0.05, 0) is 25.7 Å². The summed E-state index contributed by atoms with van der Waals surface area (Å²) in [6.07, 6.45) is 4.96. The second-order valence-electron chi connectivity index (χ2n) is 5.31. The molecule has 0 atom stereocenters. The highest BCUT2D eigenvalue weighted by molar-refractivity contribution is 7.99. The van der Waals surface area contributed by atoms with Crippen LogP contribution < -0.4 is 10.6 Å². The molecule has 0 saturated heterocycles. The summed E-state index contributed by atoms with van der Waals surface area (Å²) >= 11 is 1.58. The van der Waals surface area contributed by atoms with Crippen LogP contribution in [0.5, 0.6) is 0 Å². The second-order valence-corrected chi connectivity index (χ2v) is 6.54.